The number of rotatable bonds is 3. The van der Waals surface area contributed by atoms with E-state index in [0.717, 1.165) is 17.7 Å². The molecule has 2 fully saturated rings. The van der Waals surface area contributed by atoms with E-state index in [4.69, 9.17) is 25.8 Å². The predicted molar refractivity (Wildman–Crippen MR) is 93.5 cm³/mol. The van der Waals surface area contributed by atoms with Crippen LogP contribution in [0.2, 0.25) is 0 Å². The van der Waals surface area contributed by atoms with E-state index in [1.165, 1.54) is 5.56 Å². The van der Waals surface area contributed by atoms with Gasteiger partial charge in [-0.25, -0.2) is 0 Å². The van der Waals surface area contributed by atoms with Crippen LogP contribution in [0, 0.1) is 5.92 Å². The van der Waals surface area contributed by atoms with E-state index in [-0.39, 0.29) is 23.0 Å². The van der Waals surface area contributed by atoms with Crippen LogP contribution in [0.5, 0.6) is 5.75 Å². The fourth-order valence-corrected chi connectivity index (χ4v) is 4.14. The van der Waals surface area contributed by atoms with E-state index in [1.54, 1.807) is 7.11 Å². The number of hydrogen-bond donors (Lipinski definition) is 0. The summed E-state index contributed by atoms with van der Waals surface area (Å²) in [7, 11) is 1.67. The molecule has 0 spiro atoms. The second-order valence-corrected chi connectivity index (χ2v) is 7.34. The molecule has 4 heteroatoms. The maximum absolute atomic E-state index is 6.99. The lowest BCUT2D eigenvalue weighted by Crippen LogP contribution is -2.41. The van der Waals surface area contributed by atoms with Gasteiger partial charge in [-0.1, -0.05) is 42.5 Å². The summed E-state index contributed by atoms with van der Waals surface area (Å²) in [6.45, 7) is 1.17. The SMILES string of the molecule is COc1ccc([C@@H]2OC[C@]3(Cl)C[C@@H](c4ccccc4)OC[C@H]23)cc1. The number of fused-ring (bicyclic) bond motifs is 1. The minimum Gasteiger partial charge on any atom is -0.497 e. The third-order valence-corrected chi connectivity index (χ3v) is 5.69. The number of methoxy groups -OCH3 is 1. The van der Waals surface area contributed by atoms with Gasteiger partial charge in [-0.2, -0.15) is 0 Å². The lowest BCUT2D eigenvalue weighted by molar-refractivity contribution is -0.0380. The monoisotopic (exact) mass is 344 g/mol. The molecule has 0 aliphatic carbocycles. The molecule has 24 heavy (non-hydrogen) atoms. The van der Waals surface area contributed by atoms with Crippen LogP contribution in [-0.4, -0.2) is 25.2 Å². The van der Waals surface area contributed by atoms with Gasteiger partial charge in [-0.05, 0) is 29.7 Å². The van der Waals surface area contributed by atoms with Crippen molar-refractivity contribution in [1.29, 1.82) is 0 Å². The van der Waals surface area contributed by atoms with Crippen molar-refractivity contribution >= 4 is 11.6 Å². The molecular weight excluding hydrogens is 324 g/mol. The Balaban J connectivity index is 1.53. The normalized spacial score (nSPS) is 32.3. The molecule has 2 aliphatic rings. The van der Waals surface area contributed by atoms with E-state index >= 15 is 0 Å². The van der Waals surface area contributed by atoms with Crippen LogP contribution in [0.25, 0.3) is 0 Å². The fraction of sp³-hybridized carbons (Fsp3) is 0.400. The Bertz CT molecular complexity index is 688. The first-order chi connectivity index (χ1) is 11.7. The van der Waals surface area contributed by atoms with Gasteiger partial charge in [0, 0.05) is 5.92 Å². The molecule has 2 aromatic rings. The van der Waals surface area contributed by atoms with Crippen LogP contribution in [0.15, 0.2) is 54.6 Å². The van der Waals surface area contributed by atoms with E-state index in [0.29, 0.717) is 13.2 Å². The summed E-state index contributed by atoms with van der Waals surface area (Å²) in [5, 5.41) is 0. The molecule has 0 saturated carbocycles. The maximum Gasteiger partial charge on any atom is 0.118 e. The Hall–Kier alpha value is -1.55. The molecule has 4 atom stereocenters. The van der Waals surface area contributed by atoms with Crippen LogP contribution in [0.1, 0.15) is 29.8 Å². The van der Waals surface area contributed by atoms with Gasteiger partial charge in [-0.3, -0.25) is 0 Å². The average molecular weight is 345 g/mol. The first-order valence-electron chi connectivity index (χ1n) is 8.31. The Labute approximate surface area is 147 Å². The number of alkyl halides is 1. The van der Waals surface area contributed by atoms with Crippen LogP contribution in [0.3, 0.4) is 0 Å². The van der Waals surface area contributed by atoms with Gasteiger partial charge in [0.25, 0.3) is 0 Å². The topological polar surface area (TPSA) is 27.7 Å². The summed E-state index contributed by atoms with van der Waals surface area (Å²) in [5.41, 5.74) is 2.31. The molecule has 126 valence electrons. The average Bonchev–Trinajstić information content (AvgIpc) is 2.99. The quantitative estimate of drug-likeness (QED) is 0.766. The van der Waals surface area contributed by atoms with E-state index in [2.05, 4.69) is 24.3 Å². The Morgan fingerprint density at radius 2 is 1.75 bits per heavy atom. The van der Waals surface area contributed by atoms with Gasteiger partial charge in [-0.15, -0.1) is 11.6 Å². The molecular formula is C20H21ClO3. The molecule has 0 N–H and O–H groups in total. The summed E-state index contributed by atoms with van der Waals surface area (Å²) >= 11 is 6.99. The van der Waals surface area contributed by atoms with Crippen molar-refractivity contribution in [2.75, 3.05) is 20.3 Å². The van der Waals surface area contributed by atoms with Gasteiger partial charge in [0.1, 0.15) is 5.75 Å². The molecule has 2 aromatic carbocycles. The number of benzene rings is 2. The Morgan fingerprint density at radius 3 is 2.46 bits per heavy atom. The summed E-state index contributed by atoms with van der Waals surface area (Å²) in [4.78, 5) is -0.372. The third kappa shape index (κ3) is 2.81. The zero-order valence-electron chi connectivity index (χ0n) is 13.7. The zero-order valence-corrected chi connectivity index (χ0v) is 14.4. The van der Waals surface area contributed by atoms with Crippen LogP contribution in [0.4, 0.5) is 0 Å². The molecule has 3 nitrogen and oxygen atoms in total. The predicted octanol–water partition coefficient (Wildman–Crippen LogP) is 4.52. The molecule has 0 bridgehead atoms. The number of hydrogen-bond acceptors (Lipinski definition) is 3. The molecule has 0 amide bonds. The van der Waals surface area contributed by atoms with Crippen molar-refractivity contribution in [3.63, 3.8) is 0 Å². The highest BCUT2D eigenvalue weighted by Crippen LogP contribution is 2.52. The Kier molecular flexibility index (Phi) is 4.25. The van der Waals surface area contributed by atoms with Crippen molar-refractivity contribution < 1.29 is 14.2 Å². The first kappa shape index (κ1) is 15.9. The lowest BCUT2D eigenvalue weighted by Gasteiger charge is -2.38. The summed E-state index contributed by atoms with van der Waals surface area (Å²) in [5.74, 6) is 1.01. The number of ether oxygens (including phenoxy) is 3. The van der Waals surface area contributed by atoms with Crippen molar-refractivity contribution in [1.82, 2.24) is 0 Å². The van der Waals surface area contributed by atoms with E-state index < -0.39 is 0 Å². The van der Waals surface area contributed by atoms with E-state index in [9.17, 15) is 0 Å². The van der Waals surface area contributed by atoms with Crippen LogP contribution in [-0.2, 0) is 9.47 Å². The molecule has 0 radical (unpaired) electrons. The standard InChI is InChI=1S/C20H21ClO3/c1-22-16-9-7-15(8-10-16)19-17-12-23-18(11-20(17,21)13-24-19)14-5-3-2-4-6-14/h2-10,17-19H,11-13H2,1H3/t17-,18+,19+,20-/m1/s1. The number of halogens is 1. The smallest absolute Gasteiger partial charge is 0.118 e. The first-order valence-corrected chi connectivity index (χ1v) is 8.68. The summed E-state index contributed by atoms with van der Waals surface area (Å²) < 4.78 is 17.5. The lowest BCUT2D eigenvalue weighted by atomic mass is 9.80. The minimum atomic E-state index is -0.372. The fourth-order valence-electron chi connectivity index (χ4n) is 3.76. The molecule has 0 aromatic heterocycles. The van der Waals surface area contributed by atoms with Gasteiger partial charge < -0.3 is 14.2 Å². The van der Waals surface area contributed by atoms with Crippen molar-refractivity contribution in [3.8, 4) is 5.75 Å². The van der Waals surface area contributed by atoms with Crippen molar-refractivity contribution in [2.45, 2.75) is 23.5 Å². The van der Waals surface area contributed by atoms with E-state index in [1.807, 2.05) is 30.3 Å². The Morgan fingerprint density at radius 1 is 1.00 bits per heavy atom. The highest BCUT2D eigenvalue weighted by molar-refractivity contribution is 6.24. The van der Waals surface area contributed by atoms with Crippen molar-refractivity contribution in [3.05, 3.63) is 65.7 Å². The molecule has 0 unspecified atom stereocenters. The van der Waals surface area contributed by atoms with Gasteiger partial charge >= 0.3 is 0 Å². The molecule has 2 aliphatic heterocycles. The largest absolute Gasteiger partial charge is 0.497 e. The summed E-state index contributed by atoms with van der Waals surface area (Å²) in [6.07, 6.45) is 0.791. The third-order valence-electron chi connectivity index (χ3n) is 5.15. The van der Waals surface area contributed by atoms with Crippen LogP contribution >= 0.6 is 11.6 Å². The highest BCUT2D eigenvalue weighted by Gasteiger charge is 2.53. The van der Waals surface area contributed by atoms with Crippen molar-refractivity contribution in [2.24, 2.45) is 5.92 Å². The van der Waals surface area contributed by atoms with Gasteiger partial charge in [0.15, 0.2) is 0 Å². The maximum atomic E-state index is 6.99. The van der Waals surface area contributed by atoms with Gasteiger partial charge in [0.05, 0.1) is 37.4 Å². The summed E-state index contributed by atoms with van der Waals surface area (Å²) in [6, 6.07) is 18.3. The highest BCUT2D eigenvalue weighted by atomic mass is 35.5. The zero-order chi connectivity index (χ0) is 16.6. The van der Waals surface area contributed by atoms with Gasteiger partial charge in [0.2, 0.25) is 0 Å². The molecule has 4 rings (SSSR count). The molecule has 2 heterocycles. The van der Waals surface area contributed by atoms with Crippen LogP contribution < -0.4 is 4.74 Å². The minimum absolute atomic E-state index is 0.0230. The second kappa shape index (κ2) is 6.40. The second-order valence-electron chi connectivity index (χ2n) is 6.58. The molecule has 2 saturated heterocycles.